The summed E-state index contributed by atoms with van der Waals surface area (Å²) in [5, 5.41) is 0. The molecule has 0 atom stereocenters. The normalized spacial score (nSPS) is 17.0. The molecule has 112 valence electrons. The van der Waals surface area contributed by atoms with Crippen LogP contribution >= 0.6 is 24.0 Å². The molecule has 0 aliphatic carbocycles. The van der Waals surface area contributed by atoms with Crippen LogP contribution in [0.25, 0.3) is 6.08 Å². The number of nitrogens with zero attached hydrogens (tertiary/aromatic N) is 1. The molecule has 6 heteroatoms. The summed E-state index contributed by atoms with van der Waals surface area (Å²) in [7, 11) is 3.27. The van der Waals surface area contributed by atoms with E-state index in [1.54, 1.807) is 14.2 Å². The molecule has 4 nitrogen and oxygen atoms in total. The highest BCUT2D eigenvalue weighted by Gasteiger charge is 2.28. The van der Waals surface area contributed by atoms with Gasteiger partial charge in [0.1, 0.15) is 4.32 Å². The smallest absolute Gasteiger partial charge is 0.265 e. The van der Waals surface area contributed by atoms with Gasteiger partial charge in [-0.3, -0.25) is 9.69 Å². The Morgan fingerprint density at radius 2 is 2.05 bits per heavy atom. The van der Waals surface area contributed by atoms with E-state index in [0.717, 1.165) is 5.56 Å². The molecule has 0 N–H and O–H groups in total. The van der Waals surface area contributed by atoms with Gasteiger partial charge in [-0.2, -0.15) is 0 Å². The third-order valence-corrected chi connectivity index (χ3v) is 4.32. The molecule has 1 aromatic rings. The Labute approximate surface area is 134 Å². The molecule has 0 unspecified atom stereocenters. The van der Waals surface area contributed by atoms with Crippen LogP contribution in [-0.2, 0) is 4.79 Å². The van der Waals surface area contributed by atoms with Gasteiger partial charge in [0.05, 0.1) is 18.1 Å². The Morgan fingerprint density at radius 1 is 1.33 bits per heavy atom. The van der Waals surface area contributed by atoms with Crippen LogP contribution < -0.4 is 9.47 Å². The third-order valence-electron chi connectivity index (χ3n) is 2.83. The Morgan fingerprint density at radius 3 is 2.57 bits per heavy atom. The van der Waals surface area contributed by atoms with E-state index >= 15 is 0 Å². The highest BCUT2D eigenvalue weighted by molar-refractivity contribution is 8.26. The van der Waals surface area contributed by atoms with Crippen molar-refractivity contribution < 1.29 is 14.3 Å². The van der Waals surface area contributed by atoms with E-state index in [2.05, 4.69) is 0 Å². The van der Waals surface area contributed by atoms with Gasteiger partial charge in [0.2, 0.25) is 0 Å². The van der Waals surface area contributed by atoms with Gasteiger partial charge in [0.25, 0.3) is 5.91 Å². The summed E-state index contributed by atoms with van der Waals surface area (Å²) in [5.41, 5.74) is 0.872. The van der Waals surface area contributed by atoms with E-state index in [1.807, 2.05) is 38.1 Å². The summed E-state index contributed by atoms with van der Waals surface area (Å²) in [6.07, 6.45) is 1.88. The van der Waals surface area contributed by atoms with Crippen molar-refractivity contribution in [2.45, 2.75) is 20.0 Å². The summed E-state index contributed by atoms with van der Waals surface area (Å²) >= 11 is 6.41. The zero-order chi connectivity index (χ0) is 15.6. The largest absolute Gasteiger partial charge is 0.493 e. The molecule has 1 aromatic carbocycles. The molecule has 1 saturated heterocycles. The fourth-order valence-corrected chi connectivity index (χ4v) is 3.00. The number of likely N-dealkylation sites (N-methyl/N-ethyl adjacent to an activating group) is 1. The van der Waals surface area contributed by atoms with E-state index < -0.39 is 0 Å². The van der Waals surface area contributed by atoms with E-state index in [4.69, 9.17) is 21.7 Å². The average molecular weight is 323 g/mol. The van der Waals surface area contributed by atoms with Crippen LogP contribution in [0.5, 0.6) is 11.5 Å². The molecular formula is C15H17NO3S2. The fraction of sp³-hybridized carbons (Fsp3) is 0.333. The third kappa shape index (κ3) is 3.57. The first-order chi connectivity index (χ1) is 9.92. The van der Waals surface area contributed by atoms with Crippen LogP contribution in [-0.4, -0.2) is 35.4 Å². The predicted octanol–water partition coefficient (Wildman–Crippen LogP) is 3.31. The summed E-state index contributed by atoms with van der Waals surface area (Å²) in [6, 6.07) is 5.58. The number of methoxy groups -OCH3 is 1. The van der Waals surface area contributed by atoms with Gasteiger partial charge in [0, 0.05) is 7.05 Å². The first-order valence-electron chi connectivity index (χ1n) is 6.48. The molecule has 0 saturated carbocycles. The van der Waals surface area contributed by atoms with Crippen molar-refractivity contribution in [1.29, 1.82) is 0 Å². The number of carbonyl (C=O) groups excluding carboxylic acids is 1. The molecule has 21 heavy (non-hydrogen) atoms. The van der Waals surface area contributed by atoms with Crippen LogP contribution in [0, 0.1) is 0 Å². The van der Waals surface area contributed by atoms with Crippen molar-refractivity contribution in [3.63, 3.8) is 0 Å². The first kappa shape index (κ1) is 15.9. The number of hydrogen-bond acceptors (Lipinski definition) is 5. The van der Waals surface area contributed by atoms with E-state index in [0.29, 0.717) is 20.7 Å². The Balaban J connectivity index is 2.30. The molecule has 1 heterocycles. The van der Waals surface area contributed by atoms with Crippen LogP contribution in [0.2, 0.25) is 0 Å². The van der Waals surface area contributed by atoms with Gasteiger partial charge < -0.3 is 9.47 Å². The molecule has 1 amide bonds. The molecule has 1 fully saturated rings. The van der Waals surface area contributed by atoms with E-state index in [1.165, 1.54) is 16.7 Å². The van der Waals surface area contributed by atoms with E-state index in [9.17, 15) is 4.79 Å². The van der Waals surface area contributed by atoms with Crippen molar-refractivity contribution in [3.05, 3.63) is 28.7 Å². The lowest BCUT2D eigenvalue weighted by molar-refractivity contribution is -0.121. The number of benzene rings is 1. The van der Waals surface area contributed by atoms with Gasteiger partial charge in [-0.05, 0) is 37.6 Å². The molecule has 0 spiro atoms. The molecule has 0 bridgehead atoms. The molecule has 0 aromatic heterocycles. The summed E-state index contributed by atoms with van der Waals surface area (Å²) in [5.74, 6) is 1.25. The van der Waals surface area contributed by atoms with Crippen molar-refractivity contribution in [1.82, 2.24) is 4.90 Å². The molecular weight excluding hydrogens is 306 g/mol. The zero-order valence-corrected chi connectivity index (χ0v) is 14.0. The number of hydrogen-bond donors (Lipinski definition) is 0. The maximum atomic E-state index is 12.0. The zero-order valence-electron chi connectivity index (χ0n) is 12.4. The maximum Gasteiger partial charge on any atom is 0.265 e. The van der Waals surface area contributed by atoms with Crippen LogP contribution in [0.3, 0.4) is 0 Å². The first-order valence-corrected chi connectivity index (χ1v) is 7.71. The van der Waals surface area contributed by atoms with Crippen LogP contribution in [0.1, 0.15) is 19.4 Å². The van der Waals surface area contributed by atoms with Crippen molar-refractivity contribution in [3.8, 4) is 11.5 Å². The predicted molar refractivity (Wildman–Crippen MR) is 89.7 cm³/mol. The van der Waals surface area contributed by atoms with Crippen molar-refractivity contribution in [2.75, 3.05) is 14.2 Å². The van der Waals surface area contributed by atoms with Gasteiger partial charge in [-0.15, -0.1) is 0 Å². The molecule has 1 aliphatic heterocycles. The lowest BCUT2D eigenvalue weighted by Gasteiger charge is -2.13. The monoisotopic (exact) mass is 323 g/mol. The van der Waals surface area contributed by atoms with Gasteiger partial charge in [0.15, 0.2) is 11.5 Å². The van der Waals surface area contributed by atoms with Gasteiger partial charge >= 0.3 is 0 Å². The van der Waals surface area contributed by atoms with Crippen molar-refractivity contribution >= 4 is 40.3 Å². The van der Waals surface area contributed by atoms with Gasteiger partial charge in [-0.1, -0.05) is 30.0 Å². The summed E-state index contributed by atoms with van der Waals surface area (Å²) < 4.78 is 11.6. The quantitative estimate of drug-likeness (QED) is 0.628. The topological polar surface area (TPSA) is 38.8 Å². The summed E-state index contributed by atoms with van der Waals surface area (Å²) in [4.78, 5) is 14.1. The lowest BCUT2D eigenvalue weighted by Crippen LogP contribution is -2.22. The second-order valence-corrected chi connectivity index (χ2v) is 6.49. The number of amides is 1. The fourth-order valence-electron chi connectivity index (χ4n) is 1.82. The highest BCUT2D eigenvalue weighted by atomic mass is 32.2. The number of rotatable bonds is 4. The lowest BCUT2D eigenvalue weighted by atomic mass is 10.2. The van der Waals surface area contributed by atoms with E-state index in [-0.39, 0.29) is 12.0 Å². The SMILES string of the molecule is COc1cc(/C=C2\SC(=S)N(C)C2=O)ccc1OC(C)C. The summed E-state index contributed by atoms with van der Waals surface area (Å²) in [6.45, 7) is 3.92. The van der Waals surface area contributed by atoms with Crippen LogP contribution in [0.4, 0.5) is 0 Å². The maximum absolute atomic E-state index is 12.0. The Kier molecular flexibility index (Phi) is 4.90. The molecule has 2 rings (SSSR count). The second kappa shape index (κ2) is 6.49. The average Bonchev–Trinajstić information content (AvgIpc) is 2.67. The Hall–Kier alpha value is -1.53. The number of thiocarbonyl (C=S) groups is 1. The van der Waals surface area contributed by atoms with Gasteiger partial charge in [-0.25, -0.2) is 0 Å². The minimum absolute atomic E-state index is 0.0705. The minimum atomic E-state index is -0.0773. The standard InChI is InChI=1S/C15H17NO3S2/c1-9(2)19-11-6-5-10(7-12(11)18-4)8-13-14(17)16(3)15(20)21-13/h5-9H,1-4H3/b13-8-. The number of ether oxygens (including phenoxy) is 2. The minimum Gasteiger partial charge on any atom is -0.493 e. The van der Waals surface area contributed by atoms with Crippen LogP contribution in [0.15, 0.2) is 23.1 Å². The number of thioether (sulfide) groups is 1. The molecule has 1 aliphatic rings. The second-order valence-electron chi connectivity index (χ2n) is 4.82. The van der Waals surface area contributed by atoms with Crippen molar-refractivity contribution in [2.24, 2.45) is 0 Å². The Bertz CT molecular complexity index is 611. The highest BCUT2D eigenvalue weighted by Crippen LogP contribution is 2.34. The molecule has 0 radical (unpaired) electrons. The number of carbonyl (C=O) groups is 1.